The van der Waals surface area contributed by atoms with Crippen LogP contribution in [0.1, 0.15) is 26.2 Å². The fourth-order valence-corrected chi connectivity index (χ4v) is 7.15. The van der Waals surface area contributed by atoms with Gasteiger partial charge in [-0.1, -0.05) is 0 Å². The van der Waals surface area contributed by atoms with Crippen molar-refractivity contribution in [3.05, 3.63) is 0 Å². The summed E-state index contributed by atoms with van der Waals surface area (Å²) in [4.78, 5) is 0. The van der Waals surface area contributed by atoms with Gasteiger partial charge in [0.15, 0.2) is 0 Å². The Hall–Kier alpha value is 2.32. The van der Waals surface area contributed by atoms with E-state index in [0.717, 1.165) is 0 Å². The minimum atomic E-state index is -1.89. The van der Waals surface area contributed by atoms with Crippen molar-refractivity contribution in [1.29, 1.82) is 0 Å². The van der Waals surface area contributed by atoms with Crippen LogP contribution in [-0.4, -0.2) is 0 Å². The third-order valence-corrected chi connectivity index (χ3v) is 10.4. The average molecular weight is 402 g/mol. The molecule has 0 aliphatic rings. The Kier molecular flexibility index (Phi) is 7.43. The van der Waals surface area contributed by atoms with Crippen molar-refractivity contribution in [3.8, 4) is 0 Å². The molecule has 0 saturated heterocycles. The average Bonchev–Trinajstić information content (AvgIpc) is 1.63. The summed E-state index contributed by atoms with van der Waals surface area (Å²) in [5.41, 5.74) is 0. The molecule has 0 aromatic heterocycles. The number of unbranched alkanes of at least 4 members (excludes halogenated alkanes) is 2. The molecule has 0 saturated carbocycles. The molecule has 0 radical (unpaired) electrons. The second kappa shape index (κ2) is 5.91. The first kappa shape index (κ1) is 11.3. The topological polar surface area (TPSA) is 0 Å². The molecule has 9 heavy (non-hydrogen) atoms. The SMILES string of the molecule is CCCC[CH2][Zr]([Br])([Br])[Br]. The van der Waals surface area contributed by atoms with Gasteiger partial charge in [-0.05, 0) is 0 Å². The zero-order valence-corrected chi connectivity index (χ0v) is 12.7. The molecule has 0 N–H and O–H groups in total. The van der Waals surface area contributed by atoms with Gasteiger partial charge in [-0.15, -0.1) is 0 Å². The Bertz CT molecular complexity index is 69.1. The van der Waals surface area contributed by atoms with E-state index in [2.05, 4.69) is 43.6 Å². The molecular weight excluding hydrogens is 391 g/mol. The maximum atomic E-state index is 3.65. The van der Waals surface area contributed by atoms with Crippen LogP contribution in [0, 0.1) is 0 Å². The summed E-state index contributed by atoms with van der Waals surface area (Å²) >= 11 is 9.06. The van der Waals surface area contributed by atoms with Crippen LogP contribution in [0.15, 0.2) is 0 Å². The first-order valence-electron chi connectivity index (χ1n) is 3.13. The van der Waals surface area contributed by atoms with Crippen molar-refractivity contribution in [1.82, 2.24) is 0 Å². The molecular formula is C5H11Br3Zr. The Labute approximate surface area is 78.9 Å². The van der Waals surface area contributed by atoms with Crippen LogP contribution in [0.2, 0.25) is 4.13 Å². The number of halogens is 3. The predicted octanol–water partition coefficient (Wildman–Crippen LogP) is 4.68. The molecule has 0 fully saturated rings. The normalized spacial score (nSPS) is 12.0. The van der Waals surface area contributed by atoms with E-state index in [0.29, 0.717) is 0 Å². The standard InChI is InChI=1S/C5H11.3BrH.Zr/c1-3-5-4-2;;;;/h1,3-5H2,2H3;3*1H;/q;;;;+3/p-3. The van der Waals surface area contributed by atoms with Crippen LogP contribution < -0.4 is 0 Å². The summed E-state index contributed by atoms with van der Waals surface area (Å²) in [6.45, 7) is 2.23. The second-order valence-corrected chi connectivity index (χ2v) is 49.2. The van der Waals surface area contributed by atoms with Crippen LogP contribution in [-0.2, 0) is 13.2 Å². The fraction of sp³-hybridized carbons (Fsp3) is 1.00. The van der Waals surface area contributed by atoms with Crippen LogP contribution in [0.5, 0.6) is 0 Å². The first-order chi connectivity index (χ1) is 4.06. The Morgan fingerprint density at radius 1 is 1.11 bits per heavy atom. The maximum absolute atomic E-state index is 3.65. The van der Waals surface area contributed by atoms with Gasteiger partial charge in [0.25, 0.3) is 0 Å². The quantitative estimate of drug-likeness (QED) is 0.600. The van der Waals surface area contributed by atoms with Crippen molar-refractivity contribution in [2.75, 3.05) is 0 Å². The van der Waals surface area contributed by atoms with Gasteiger partial charge < -0.3 is 0 Å². The molecule has 0 aliphatic heterocycles. The molecule has 56 valence electrons. The molecule has 0 rings (SSSR count). The van der Waals surface area contributed by atoms with Crippen LogP contribution in [0.25, 0.3) is 0 Å². The van der Waals surface area contributed by atoms with Gasteiger partial charge in [0.1, 0.15) is 0 Å². The fourth-order valence-electron chi connectivity index (χ4n) is 0.575. The van der Waals surface area contributed by atoms with Gasteiger partial charge in [0.2, 0.25) is 0 Å². The molecule has 0 heterocycles. The summed E-state index contributed by atoms with van der Waals surface area (Å²) in [6, 6.07) is 0. The molecule has 0 aromatic rings. The van der Waals surface area contributed by atoms with Crippen molar-refractivity contribution >= 4 is 36.7 Å². The van der Waals surface area contributed by atoms with Gasteiger partial charge in [-0.3, -0.25) is 0 Å². The number of rotatable bonds is 4. The van der Waals surface area contributed by atoms with Gasteiger partial charge in [-0.25, -0.2) is 0 Å². The third-order valence-electron chi connectivity index (χ3n) is 1.06. The van der Waals surface area contributed by atoms with E-state index in [4.69, 9.17) is 0 Å². The van der Waals surface area contributed by atoms with E-state index >= 15 is 0 Å². The number of hydrogen-bond acceptors (Lipinski definition) is 0. The second-order valence-electron chi connectivity index (χ2n) is 2.07. The van der Waals surface area contributed by atoms with E-state index in [-0.39, 0.29) is 0 Å². The van der Waals surface area contributed by atoms with Crippen LogP contribution in [0.3, 0.4) is 0 Å². The summed E-state index contributed by atoms with van der Waals surface area (Å²) in [5.74, 6) is 0. The Balaban J connectivity index is 3.07. The molecule has 4 heteroatoms. The van der Waals surface area contributed by atoms with E-state index in [1.807, 2.05) is 0 Å². The first-order valence-corrected chi connectivity index (χ1v) is 21.7. The molecule has 0 aliphatic carbocycles. The molecule has 0 amide bonds. The van der Waals surface area contributed by atoms with Gasteiger partial charge in [0.05, 0.1) is 0 Å². The minimum absolute atomic E-state index is 1.31. The zero-order valence-electron chi connectivity index (χ0n) is 5.46. The summed E-state index contributed by atoms with van der Waals surface area (Å²) in [7, 11) is 0. The molecule has 0 spiro atoms. The predicted molar refractivity (Wildman–Crippen MR) is 51.1 cm³/mol. The summed E-state index contributed by atoms with van der Waals surface area (Å²) < 4.78 is 1.34. The Morgan fingerprint density at radius 3 is 2.00 bits per heavy atom. The zero-order chi connectivity index (χ0) is 7.33. The van der Waals surface area contributed by atoms with Gasteiger partial charge in [0, 0.05) is 0 Å². The van der Waals surface area contributed by atoms with E-state index in [1.54, 1.807) is 0 Å². The van der Waals surface area contributed by atoms with E-state index in [9.17, 15) is 0 Å². The summed E-state index contributed by atoms with van der Waals surface area (Å²) in [5, 5.41) is 0. The molecule has 0 nitrogen and oxygen atoms in total. The van der Waals surface area contributed by atoms with Crippen LogP contribution >= 0.6 is 36.7 Å². The van der Waals surface area contributed by atoms with Crippen LogP contribution in [0.4, 0.5) is 0 Å². The monoisotopic (exact) mass is 398 g/mol. The molecule has 0 atom stereocenters. The third kappa shape index (κ3) is 10.3. The molecule has 0 bridgehead atoms. The van der Waals surface area contributed by atoms with Gasteiger partial charge in [-0.2, -0.15) is 0 Å². The van der Waals surface area contributed by atoms with Crippen molar-refractivity contribution < 1.29 is 13.2 Å². The molecule has 0 unspecified atom stereocenters. The number of hydrogen-bond donors (Lipinski definition) is 0. The molecule has 0 aromatic carbocycles. The van der Waals surface area contributed by atoms with Crippen molar-refractivity contribution in [2.24, 2.45) is 0 Å². The summed E-state index contributed by atoms with van der Waals surface area (Å²) in [6.07, 6.45) is 4.03. The Morgan fingerprint density at radius 2 is 1.67 bits per heavy atom. The van der Waals surface area contributed by atoms with E-state index < -0.39 is 13.2 Å². The van der Waals surface area contributed by atoms with E-state index in [1.165, 1.54) is 23.4 Å². The van der Waals surface area contributed by atoms with Gasteiger partial charge >= 0.3 is 80.2 Å². The van der Waals surface area contributed by atoms with Crippen molar-refractivity contribution in [3.63, 3.8) is 0 Å². The van der Waals surface area contributed by atoms with Crippen molar-refractivity contribution in [2.45, 2.75) is 30.3 Å².